The maximum Gasteiger partial charge on any atom is 0.251 e. The van der Waals surface area contributed by atoms with Crippen LogP contribution in [0.3, 0.4) is 0 Å². The second kappa shape index (κ2) is 4.31. The van der Waals surface area contributed by atoms with E-state index in [-0.39, 0.29) is 11.9 Å². The number of anilines is 1. The van der Waals surface area contributed by atoms with E-state index >= 15 is 0 Å². The number of nitrogens with zero attached hydrogens (tertiary/aromatic N) is 1. The Morgan fingerprint density at radius 3 is 2.69 bits per heavy atom. The third kappa shape index (κ3) is 2.65. The molecule has 2 rings (SSSR count). The van der Waals surface area contributed by atoms with E-state index in [2.05, 4.69) is 10.3 Å². The number of aromatic nitrogens is 1. The summed E-state index contributed by atoms with van der Waals surface area (Å²) in [7, 11) is 0. The molecule has 0 amide bonds. The Bertz CT molecular complexity index is 391. The summed E-state index contributed by atoms with van der Waals surface area (Å²) in [4.78, 5) is 3.21. The molecular formula is C11H13F3N2. The molecular weight excluding hydrogens is 217 g/mol. The zero-order valence-corrected chi connectivity index (χ0v) is 8.93. The fourth-order valence-corrected chi connectivity index (χ4v) is 1.69. The molecule has 0 aromatic carbocycles. The maximum absolute atomic E-state index is 13.2. The van der Waals surface area contributed by atoms with Crippen LogP contribution in [0, 0.1) is 23.5 Å². The highest BCUT2D eigenvalue weighted by Gasteiger charge is 2.24. The molecule has 1 aliphatic carbocycles. The first kappa shape index (κ1) is 11.2. The van der Waals surface area contributed by atoms with Crippen LogP contribution in [-0.2, 0) is 0 Å². The predicted molar refractivity (Wildman–Crippen MR) is 54.5 cm³/mol. The number of hydrogen-bond donors (Lipinski definition) is 1. The van der Waals surface area contributed by atoms with E-state index in [1.165, 1.54) is 12.8 Å². The van der Waals surface area contributed by atoms with Crippen LogP contribution in [0.15, 0.2) is 6.07 Å². The Kier molecular flexibility index (Phi) is 3.03. The van der Waals surface area contributed by atoms with Crippen molar-refractivity contribution in [1.29, 1.82) is 0 Å². The van der Waals surface area contributed by atoms with E-state index in [1.54, 1.807) is 0 Å². The van der Waals surface area contributed by atoms with Crippen molar-refractivity contribution in [3.63, 3.8) is 0 Å². The fourth-order valence-electron chi connectivity index (χ4n) is 1.69. The average Bonchev–Trinajstić information content (AvgIpc) is 2.98. The second-order valence-electron chi connectivity index (χ2n) is 4.32. The van der Waals surface area contributed by atoms with Crippen LogP contribution in [0.4, 0.5) is 19.0 Å². The lowest BCUT2D eigenvalue weighted by Crippen LogP contribution is -2.18. The second-order valence-corrected chi connectivity index (χ2v) is 4.32. The summed E-state index contributed by atoms with van der Waals surface area (Å²) >= 11 is 0. The van der Waals surface area contributed by atoms with Crippen molar-refractivity contribution in [2.45, 2.75) is 32.2 Å². The van der Waals surface area contributed by atoms with Gasteiger partial charge in [-0.2, -0.15) is 9.37 Å². The van der Waals surface area contributed by atoms with Gasteiger partial charge < -0.3 is 5.32 Å². The van der Waals surface area contributed by atoms with Crippen molar-refractivity contribution in [2.24, 2.45) is 5.92 Å². The third-order valence-corrected chi connectivity index (χ3v) is 2.65. The summed E-state index contributed by atoms with van der Waals surface area (Å²) in [5, 5.41) is 2.76. The Morgan fingerprint density at radius 2 is 2.06 bits per heavy atom. The summed E-state index contributed by atoms with van der Waals surface area (Å²) in [6.07, 6.45) is 3.29. The van der Waals surface area contributed by atoms with Crippen molar-refractivity contribution in [1.82, 2.24) is 4.98 Å². The molecule has 0 saturated heterocycles. The Hall–Kier alpha value is -1.26. The van der Waals surface area contributed by atoms with E-state index in [0.29, 0.717) is 12.0 Å². The average molecular weight is 230 g/mol. The monoisotopic (exact) mass is 230 g/mol. The van der Waals surface area contributed by atoms with Gasteiger partial charge in [0.1, 0.15) is 0 Å². The third-order valence-electron chi connectivity index (χ3n) is 2.65. The number of nitrogens with one attached hydrogen (secondary N) is 1. The van der Waals surface area contributed by atoms with Crippen LogP contribution in [0.1, 0.15) is 26.2 Å². The van der Waals surface area contributed by atoms with Crippen LogP contribution >= 0.6 is 0 Å². The molecule has 1 N–H and O–H groups in total. The number of halogens is 3. The first-order valence-electron chi connectivity index (χ1n) is 5.34. The van der Waals surface area contributed by atoms with Crippen molar-refractivity contribution < 1.29 is 13.2 Å². The van der Waals surface area contributed by atoms with Gasteiger partial charge in [0.05, 0.1) is 0 Å². The molecule has 0 spiro atoms. The number of rotatable bonds is 4. The zero-order chi connectivity index (χ0) is 11.7. The standard InChI is InChI=1S/C11H13F3N2/c1-6(4-7-2-3-7)15-11-9(13)5-8(12)10(14)16-11/h5-7H,2-4H2,1H3,(H,15,16). The SMILES string of the molecule is CC(CC1CC1)Nc1nc(F)c(F)cc1F. The molecule has 1 heterocycles. The van der Waals surface area contributed by atoms with Crippen molar-refractivity contribution in [2.75, 3.05) is 5.32 Å². The molecule has 1 saturated carbocycles. The van der Waals surface area contributed by atoms with Gasteiger partial charge >= 0.3 is 0 Å². The van der Waals surface area contributed by atoms with Crippen LogP contribution in [0.25, 0.3) is 0 Å². The zero-order valence-electron chi connectivity index (χ0n) is 8.93. The largest absolute Gasteiger partial charge is 0.365 e. The molecule has 2 nitrogen and oxygen atoms in total. The topological polar surface area (TPSA) is 24.9 Å². The van der Waals surface area contributed by atoms with Gasteiger partial charge in [0.25, 0.3) is 5.95 Å². The predicted octanol–water partition coefficient (Wildman–Crippen LogP) is 3.10. The van der Waals surface area contributed by atoms with E-state index in [4.69, 9.17) is 0 Å². The van der Waals surface area contributed by atoms with Crippen LogP contribution in [0.2, 0.25) is 0 Å². The van der Waals surface area contributed by atoms with Crippen molar-refractivity contribution in [3.05, 3.63) is 23.6 Å². The van der Waals surface area contributed by atoms with Gasteiger partial charge in [-0.15, -0.1) is 0 Å². The molecule has 1 aromatic rings. The Morgan fingerprint density at radius 1 is 1.38 bits per heavy atom. The molecule has 1 aliphatic rings. The lowest BCUT2D eigenvalue weighted by molar-refractivity contribution is 0.465. The highest BCUT2D eigenvalue weighted by Crippen LogP contribution is 2.34. The molecule has 16 heavy (non-hydrogen) atoms. The molecule has 1 aromatic heterocycles. The number of hydrogen-bond acceptors (Lipinski definition) is 2. The fraction of sp³-hybridized carbons (Fsp3) is 0.545. The van der Waals surface area contributed by atoms with Crippen LogP contribution < -0.4 is 5.32 Å². The molecule has 88 valence electrons. The maximum atomic E-state index is 13.2. The van der Waals surface area contributed by atoms with Gasteiger partial charge in [0.15, 0.2) is 17.5 Å². The van der Waals surface area contributed by atoms with E-state index in [0.717, 1.165) is 6.42 Å². The molecule has 1 fully saturated rings. The molecule has 0 bridgehead atoms. The molecule has 1 atom stereocenters. The van der Waals surface area contributed by atoms with Gasteiger partial charge in [0, 0.05) is 12.1 Å². The van der Waals surface area contributed by atoms with Gasteiger partial charge in [-0.25, -0.2) is 8.78 Å². The summed E-state index contributed by atoms with van der Waals surface area (Å²) in [6, 6.07) is 0.522. The van der Waals surface area contributed by atoms with Crippen LogP contribution in [0.5, 0.6) is 0 Å². The van der Waals surface area contributed by atoms with E-state index in [9.17, 15) is 13.2 Å². The van der Waals surface area contributed by atoms with E-state index in [1.807, 2.05) is 6.92 Å². The molecule has 1 unspecified atom stereocenters. The molecule has 0 radical (unpaired) electrons. The minimum absolute atomic E-state index is 0.0133. The first-order valence-corrected chi connectivity index (χ1v) is 5.34. The Balaban J connectivity index is 2.04. The summed E-state index contributed by atoms with van der Waals surface area (Å²) in [5.74, 6) is -2.94. The Labute approximate surface area is 91.9 Å². The summed E-state index contributed by atoms with van der Waals surface area (Å²) in [5.41, 5.74) is 0. The van der Waals surface area contributed by atoms with Crippen LogP contribution in [-0.4, -0.2) is 11.0 Å². The highest BCUT2D eigenvalue weighted by molar-refractivity contribution is 5.37. The first-order chi connectivity index (χ1) is 7.56. The smallest absolute Gasteiger partial charge is 0.251 e. The minimum atomic E-state index is -1.28. The number of pyridine rings is 1. The summed E-state index contributed by atoms with van der Waals surface area (Å²) in [6.45, 7) is 1.88. The summed E-state index contributed by atoms with van der Waals surface area (Å²) < 4.78 is 38.6. The molecule has 5 heteroatoms. The van der Waals surface area contributed by atoms with Gasteiger partial charge in [-0.3, -0.25) is 0 Å². The lowest BCUT2D eigenvalue weighted by Gasteiger charge is -2.14. The van der Waals surface area contributed by atoms with E-state index < -0.39 is 17.6 Å². The van der Waals surface area contributed by atoms with Gasteiger partial charge in [-0.05, 0) is 19.3 Å². The molecule has 0 aliphatic heterocycles. The van der Waals surface area contributed by atoms with Gasteiger partial charge in [-0.1, -0.05) is 12.8 Å². The lowest BCUT2D eigenvalue weighted by atomic mass is 10.1. The normalized spacial score (nSPS) is 17.2. The van der Waals surface area contributed by atoms with Gasteiger partial charge in [0.2, 0.25) is 0 Å². The van der Waals surface area contributed by atoms with Crippen molar-refractivity contribution in [3.8, 4) is 0 Å². The minimum Gasteiger partial charge on any atom is -0.365 e. The quantitative estimate of drug-likeness (QED) is 0.804. The highest BCUT2D eigenvalue weighted by atomic mass is 19.2. The van der Waals surface area contributed by atoms with Crippen molar-refractivity contribution >= 4 is 5.82 Å².